The molecule has 1 aromatic rings. The van der Waals surface area contributed by atoms with E-state index in [1.165, 1.54) is 12.8 Å². The highest BCUT2D eigenvalue weighted by Crippen LogP contribution is 2.18. The lowest BCUT2D eigenvalue weighted by Crippen LogP contribution is -2.38. The van der Waals surface area contributed by atoms with Gasteiger partial charge in [-0.3, -0.25) is 0 Å². The normalized spacial score (nSPS) is 19.4. The Morgan fingerprint density at radius 1 is 1.44 bits per heavy atom. The molecule has 2 rings (SSSR count). The van der Waals surface area contributed by atoms with Crippen molar-refractivity contribution in [2.45, 2.75) is 45.6 Å². The first kappa shape index (κ1) is 13.3. The molecule has 0 saturated carbocycles. The molecule has 0 spiro atoms. The van der Waals surface area contributed by atoms with Crippen molar-refractivity contribution < 1.29 is 0 Å². The van der Waals surface area contributed by atoms with Crippen LogP contribution in [0.4, 0.5) is 5.82 Å². The lowest BCUT2D eigenvalue weighted by atomic mass is 10.1. The minimum absolute atomic E-state index is 0.454. The summed E-state index contributed by atoms with van der Waals surface area (Å²) in [5, 5.41) is 3.54. The monoisotopic (exact) mass is 248 g/mol. The molecule has 0 bridgehead atoms. The van der Waals surface area contributed by atoms with Gasteiger partial charge in [0.25, 0.3) is 0 Å². The molecular weight excluding hydrogens is 224 g/mol. The molecule has 1 unspecified atom stereocenters. The molecule has 1 fully saturated rings. The van der Waals surface area contributed by atoms with Crippen LogP contribution in [0.3, 0.4) is 0 Å². The van der Waals surface area contributed by atoms with Crippen molar-refractivity contribution in [3.05, 3.63) is 18.1 Å². The van der Waals surface area contributed by atoms with Crippen molar-refractivity contribution in [2.24, 2.45) is 0 Å². The van der Waals surface area contributed by atoms with E-state index in [4.69, 9.17) is 0 Å². The van der Waals surface area contributed by atoms with Crippen LogP contribution in [0.1, 0.15) is 45.2 Å². The van der Waals surface area contributed by atoms with Gasteiger partial charge in [0, 0.05) is 30.9 Å². The molecule has 1 aliphatic heterocycles. The van der Waals surface area contributed by atoms with E-state index < -0.39 is 0 Å². The van der Waals surface area contributed by atoms with Gasteiger partial charge >= 0.3 is 0 Å². The van der Waals surface area contributed by atoms with Gasteiger partial charge in [-0.15, -0.1) is 0 Å². The van der Waals surface area contributed by atoms with Crippen molar-refractivity contribution >= 4 is 5.82 Å². The Labute approximate surface area is 110 Å². The molecule has 1 saturated heterocycles. The van der Waals surface area contributed by atoms with Crippen molar-refractivity contribution in [1.29, 1.82) is 0 Å². The van der Waals surface area contributed by atoms with Gasteiger partial charge < -0.3 is 10.2 Å². The smallest absolute Gasteiger partial charge is 0.132 e. The van der Waals surface area contributed by atoms with E-state index in [9.17, 15) is 0 Å². The van der Waals surface area contributed by atoms with Crippen LogP contribution in [-0.4, -0.2) is 35.6 Å². The summed E-state index contributed by atoms with van der Waals surface area (Å²) in [6, 6.07) is 2.74. The molecule has 0 aliphatic carbocycles. The number of nitrogens with one attached hydrogen (secondary N) is 1. The largest absolute Gasteiger partial charge is 0.355 e. The molecule has 4 nitrogen and oxygen atoms in total. The number of hydrogen-bond donors (Lipinski definition) is 1. The van der Waals surface area contributed by atoms with E-state index in [2.05, 4.69) is 47.0 Å². The molecule has 1 atom stereocenters. The average Bonchev–Trinajstić information content (AvgIpc) is 2.89. The minimum Gasteiger partial charge on any atom is -0.355 e. The van der Waals surface area contributed by atoms with Gasteiger partial charge in [-0.2, -0.15) is 0 Å². The predicted molar refractivity (Wildman–Crippen MR) is 75.0 cm³/mol. The van der Waals surface area contributed by atoms with Crippen LogP contribution in [0.25, 0.3) is 0 Å². The highest BCUT2D eigenvalue weighted by molar-refractivity contribution is 5.39. The fraction of sp³-hybridized carbons (Fsp3) is 0.714. The molecule has 4 heteroatoms. The summed E-state index contributed by atoms with van der Waals surface area (Å²) in [6.45, 7) is 9.72. The van der Waals surface area contributed by atoms with Gasteiger partial charge in [-0.25, -0.2) is 9.97 Å². The van der Waals surface area contributed by atoms with E-state index in [-0.39, 0.29) is 0 Å². The zero-order valence-electron chi connectivity index (χ0n) is 11.7. The highest BCUT2D eigenvalue weighted by Gasteiger charge is 2.18. The summed E-state index contributed by atoms with van der Waals surface area (Å²) in [7, 11) is 0. The molecule has 0 radical (unpaired) electrons. The molecule has 1 N–H and O–H groups in total. The van der Waals surface area contributed by atoms with Crippen molar-refractivity contribution in [3.63, 3.8) is 0 Å². The summed E-state index contributed by atoms with van der Waals surface area (Å²) < 4.78 is 0. The molecule has 100 valence electrons. The van der Waals surface area contributed by atoms with E-state index >= 15 is 0 Å². The van der Waals surface area contributed by atoms with E-state index in [1.54, 1.807) is 6.33 Å². The summed E-state index contributed by atoms with van der Waals surface area (Å²) in [5.74, 6) is 1.51. The van der Waals surface area contributed by atoms with E-state index in [0.29, 0.717) is 12.0 Å². The molecule has 0 amide bonds. The summed E-state index contributed by atoms with van der Waals surface area (Å²) in [4.78, 5) is 11.1. The standard InChI is InChI=1S/C14H24N4/c1-4-18(9-12-6-5-7-15-12)14-8-13(11(2)3)16-10-17-14/h8,10-12,15H,4-7,9H2,1-3H3. The quantitative estimate of drug-likeness (QED) is 0.867. The Hall–Kier alpha value is -1.16. The molecule has 1 aliphatic rings. The zero-order valence-corrected chi connectivity index (χ0v) is 11.7. The highest BCUT2D eigenvalue weighted by atomic mass is 15.2. The Morgan fingerprint density at radius 2 is 2.28 bits per heavy atom. The van der Waals surface area contributed by atoms with Gasteiger partial charge in [-0.1, -0.05) is 13.8 Å². The second kappa shape index (κ2) is 6.14. The maximum Gasteiger partial charge on any atom is 0.132 e. The van der Waals surface area contributed by atoms with E-state index in [0.717, 1.165) is 31.1 Å². The Kier molecular flexibility index (Phi) is 4.53. The minimum atomic E-state index is 0.454. The first-order valence-corrected chi connectivity index (χ1v) is 7.01. The van der Waals surface area contributed by atoms with Crippen LogP contribution in [0.15, 0.2) is 12.4 Å². The summed E-state index contributed by atoms with van der Waals surface area (Å²) in [6.07, 6.45) is 4.26. The maximum atomic E-state index is 4.42. The number of rotatable bonds is 5. The lowest BCUT2D eigenvalue weighted by Gasteiger charge is -2.25. The van der Waals surface area contributed by atoms with Gasteiger partial charge in [0.05, 0.1) is 0 Å². The maximum absolute atomic E-state index is 4.42. The second-order valence-corrected chi connectivity index (χ2v) is 5.29. The van der Waals surface area contributed by atoms with Crippen LogP contribution in [0, 0.1) is 0 Å². The first-order chi connectivity index (χ1) is 8.70. The number of aromatic nitrogens is 2. The molecule has 2 heterocycles. The molecule has 1 aromatic heterocycles. The van der Waals surface area contributed by atoms with Gasteiger partial charge in [-0.05, 0) is 32.2 Å². The summed E-state index contributed by atoms with van der Waals surface area (Å²) >= 11 is 0. The summed E-state index contributed by atoms with van der Waals surface area (Å²) in [5.41, 5.74) is 1.12. The topological polar surface area (TPSA) is 41.0 Å². The van der Waals surface area contributed by atoms with Crippen LogP contribution in [-0.2, 0) is 0 Å². The fourth-order valence-electron chi connectivity index (χ4n) is 2.41. The third-order valence-electron chi connectivity index (χ3n) is 3.57. The predicted octanol–water partition coefficient (Wildman–Crippen LogP) is 2.18. The molecule has 0 aromatic carbocycles. The van der Waals surface area contributed by atoms with Gasteiger partial charge in [0.2, 0.25) is 0 Å². The van der Waals surface area contributed by atoms with Crippen molar-refractivity contribution in [2.75, 3.05) is 24.5 Å². The lowest BCUT2D eigenvalue weighted by molar-refractivity contribution is 0.583. The molecule has 18 heavy (non-hydrogen) atoms. The Balaban J connectivity index is 2.08. The Morgan fingerprint density at radius 3 is 2.89 bits per heavy atom. The second-order valence-electron chi connectivity index (χ2n) is 5.29. The van der Waals surface area contributed by atoms with Gasteiger partial charge in [0.15, 0.2) is 0 Å². The van der Waals surface area contributed by atoms with Crippen LogP contribution < -0.4 is 10.2 Å². The van der Waals surface area contributed by atoms with Crippen molar-refractivity contribution in [1.82, 2.24) is 15.3 Å². The Bertz CT molecular complexity index is 372. The van der Waals surface area contributed by atoms with Crippen LogP contribution in [0.2, 0.25) is 0 Å². The number of nitrogens with zero attached hydrogens (tertiary/aromatic N) is 3. The van der Waals surface area contributed by atoms with Crippen molar-refractivity contribution in [3.8, 4) is 0 Å². The number of likely N-dealkylation sites (N-methyl/N-ethyl adjacent to an activating group) is 1. The SMILES string of the molecule is CCN(CC1CCCN1)c1cc(C(C)C)ncn1. The number of hydrogen-bond acceptors (Lipinski definition) is 4. The van der Waals surface area contributed by atoms with E-state index in [1.807, 2.05) is 0 Å². The third-order valence-corrected chi connectivity index (χ3v) is 3.57. The van der Waals surface area contributed by atoms with Gasteiger partial charge in [0.1, 0.15) is 12.1 Å². The third kappa shape index (κ3) is 3.19. The fourth-order valence-corrected chi connectivity index (χ4v) is 2.41. The van der Waals surface area contributed by atoms with Crippen LogP contribution >= 0.6 is 0 Å². The van der Waals surface area contributed by atoms with Crippen LogP contribution in [0.5, 0.6) is 0 Å². The first-order valence-electron chi connectivity index (χ1n) is 7.01. The average molecular weight is 248 g/mol. The molecular formula is C14H24N4. The number of anilines is 1. The zero-order chi connectivity index (χ0) is 13.0.